The number of hydrogen-bond acceptors (Lipinski definition) is 6. The molecule has 1 aromatic heterocycles. The second-order valence-corrected chi connectivity index (χ2v) is 4.70. The minimum absolute atomic E-state index is 0.00625. The van der Waals surface area contributed by atoms with E-state index in [0.717, 1.165) is 30.9 Å². The van der Waals surface area contributed by atoms with Crippen molar-refractivity contribution in [2.24, 2.45) is 5.41 Å². The molecule has 2 heterocycles. The predicted molar refractivity (Wildman–Crippen MR) is 56.5 cm³/mol. The van der Waals surface area contributed by atoms with Crippen molar-refractivity contribution < 1.29 is 4.79 Å². The molecule has 1 aliphatic rings. The van der Waals surface area contributed by atoms with Crippen LogP contribution in [0, 0.1) is 5.41 Å². The highest BCUT2D eigenvalue weighted by atomic mass is 32.1. The third kappa shape index (κ3) is 2.29. The Morgan fingerprint density at radius 3 is 3.13 bits per heavy atom. The summed E-state index contributed by atoms with van der Waals surface area (Å²) in [5.74, 6) is -0.00625. The summed E-state index contributed by atoms with van der Waals surface area (Å²) in [7, 11) is 0. The molecule has 0 spiro atoms. The van der Waals surface area contributed by atoms with E-state index in [1.54, 1.807) is 0 Å². The molecule has 1 fully saturated rings. The maximum Gasteiger partial charge on any atom is 0.233 e. The third-order valence-electron chi connectivity index (χ3n) is 2.67. The molecule has 0 bridgehead atoms. The molecule has 6 nitrogen and oxygen atoms in total. The van der Waals surface area contributed by atoms with Gasteiger partial charge in [0.2, 0.25) is 11.0 Å². The fourth-order valence-electron chi connectivity index (χ4n) is 1.68. The van der Waals surface area contributed by atoms with E-state index in [-0.39, 0.29) is 11.3 Å². The Hall–Kier alpha value is -1.08. The van der Waals surface area contributed by atoms with Crippen LogP contribution in [0.4, 0.5) is 5.13 Å². The maximum absolute atomic E-state index is 11.9. The lowest BCUT2D eigenvalue weighted by Crippen LogP contribution is -2.46. The molecule has 1 atom stereocenters. The van der Waals surface area contributed by atoms with Gasteiger partial charge in [0.05, 0.1) is 5.41 Å². The van der Waals surface area contributed by atoms with Gasteiger partial charge in [0, 0.05) is 18.1 Å². The monoisotopic (exact) mass is 227 g/mol. The van der Waals surface area contributed by atoms with E-state index in [1.807, 2.05) is 6.92 Å². The van der Waals surface area contributed by atoms with Crippen LogP contribution in [0.15, 0.2) is 0 Å². The summed E-state index contributed by atoms with van der Waals surface area (Å²) in [6.45, 7) is 3.66. The smallest absolute Gasteiger partial charge is 0.233 e. The number of carbonyl (C=O) groups is 1. The molecule has 1 aliphatic heterocycles. The average molecular weight is 227 g/mol. The lowest BCUT2D eigenvalue weighted by Gasteiger charge is -2.32. The van der Waals surface area contributed by atoms with E-state index >= 15 is 0 Å². The molecule has 1 amide bonds. The molecule has 2 N–H and O–H groups in total. The van der Waals surface area contributed by atoms with Crippen LogP contribution in [-0.2, 0) is 4.79 Å². The van der Waals surface area contributed by atoms with Crippen LogP contribution in [0.2, 0.25) is 0 Å². The van der Waals surface area contributed by atoms with Gasteiger partial charge in [-0.1, -0.05) is 9.59 Å². The molecule has 0 radical (unpaired) electrons. The molecule has 1 unspecified atom stereocenters. The number of rotatable bonds is 2. The topological polar surface area (TPSA) is 79.8 Å². The van der Waals surface area contributed by atoms with Crippen LogP contribution < -0.4 is 10.6 Å². The molecule has 1 saturated heterocycles. The first-order chi connectivity index (χ1) is 7.21. The van der Waals surface area contributed by atoms with Gasteiger partial charge in [-0.15, -0.1) is 0 Å². The van der Waals surface area contributed by atoms with E-state index in [4.69, 9.17) is 0 Å². The van der Waals surface area contributed by atoms with Gasteiger partial charge in [-0.05, 0) is 31.5 Å². The summed E-state index contributed by atoms with van der Waals surface area (Å²) >= 11 is 1.09. The van der Waals surface area contributed by atoms with Crippen LogP contribution in [0.5, 0.6) is 0 Å². The minimum Gasteiger partial charge on any atom is -0.316 e. The van der Waals surface area contributed by atoms with Gasteiger partial charge in [-0.3, -0.25) is 10.1 Å². The number of piperidine rings is 1. The second-order valence-electron chi connectivity index (χ2n) is 3.96. The SMILES string of the molecule is CC1(C(=O)Nc2nnns2)CCCNC1. The van der Waals surface area contributed by atoms with Crippen LogP contribution >= 0.6 is 11.5 Å². The van der Waals surface area contributed by atoms with Crippen molar-refractivity contribution in [2.45, 2.75) is 19.8 Å². The van der Waals surface area contributed by atoms with Crippen molar-refractivity contribution in [3.05, 3.63) is 0 Å². The lowest BCUT2D eigenvalue weighted by atomic mass is 9.82. The maximum atomic E-state index is 11.9. The zero-order valence-corrected chi connectivity index (χ0v) is 9.30. The fourth-order valence-corrected chi connectivity index (χ4v) is 2.04. The van der Waals surface area contributed by atoms with E-state index in [2.05, 4.69) is 25.4 Å². The Morgan fingerprint density at radius 1 is 1.67 bits per heavy atom. The quantitative estimate of drug-likeness (QED) is 0.757. The highest BCUT2D eigenvalue weighted by molar-refractivity contribution is 7.09. The number of carbonyl (C=O) groups excluding carboxylic acids is 1. The Labute approximate surface area is 91.6 Å². The van der Waals surface area contributed by atoms with Crippen LogP contribution in [0.25, 0.3) is 0 Å². The number of amides is 1. The first-order valence-corrected chi connectivity index (χ1v) is 5.65. The Balaban J connectivity index is 2.00. The summed E-state index contributed by atoms with van der Waals surface area (Å²) in [6, 6.07) is 0. The number of anilines is 1. The highest BCUT2D eigenvalue weighted by Crippen LogP contribution is 2.27. The van der Waals surface area contributed by atoms with Crippen LogP contribution in [0.1, 0.15) is 19.8 Å². The van der Waals surface area contributed by atoms with Crippen molar-refractivity contribution in [1.29, 1.82) is 0 Å². The molecule has 15 heavy (non-hydrogen) atoms. The Morgan fingerprint density at radius 2 is 2.53 bits per heavy atom. The lowest BCUT2D eigenvalue weighted by molar-refractivity contribution is -0.125. The van der Waals surface area contributed by atoms with Gasteiger partial charge in [0.1, 0.15) is 0 Å². The molecule has 0 aromatic carbocycles. The van der Waals surface area contributed by atoms with Crippen LogP contribution in [0.3, 0.4) is 0 Å². The molecular weight excluding hydrogens is 214 g/mol. The van der Waals surface area contributed by atoms with Crippen molar-refractivity contribution in [2.75, 3.05) is 18.4 Å². The zero-order valence-electron chi connectivity index (χ0n) is 8.49. The third-order valence-corrected chi connectivity index (χ3v) is 3.18. The van der Waals surface area contributed by atoms with Gasteiger partial charge in [0.25, 0.3) is 0 Å². The van der Waals surface area contributed by atoms with Crippen molar-refractivity contribution in [3.63, 3.8) is 0 Å². The second kappa shape index (κ2) is 4.19. The summed E-state index contributed by atoms with van der Waals surface area (Å²) in [5, 5.41) is 13.5. The van der Waals surface area contributed by atoms with Gasteiger partial charge in [0.15, 0.2) is 0 Å². The van der Waals surface area contributed by atoms with E-state index in [1.165, 1.54) is 0 Å². The average Bonchev–Trinajstić information content (AvgIpc) is 2.71. The summed E-state index contributed by atoms with van der Waals surface area (Å²) < 4.78 is 3.59. The number of hydrogen-bond donors (Lipinski definition) is 2. The molecule has 82 valence electrons. The van der Waals surface area contributed by atoms with Gasteiger partial charge >= 0.3 is 0 Å². The van der Waals surface area contributed by atoms with Crippen LogP contribution in [-0.4, -0.2) is 33.8 Å². The Bertz CT molecular complexity index is 333. The summed E-state index contributed by atoms with van der Waals surface area (Å²) in [4.78, 5) is 11.9. The minimum atomic E-state index is -0.343. The summed E-state index contributed by atoms with van der Waals surface area (Å²) in [5.41, 5.74) is -0.343. The van der Waals surface area contributed by atoms with Gasteiger partial charge in [-0.2, -0.15) is 0 Å². The van der Waals surface area contributed by atoms with E-state index < -0.39 is 0 Å². The van der Waals surface area contributed by atoms with Gasteiger partial charge in [-0.25, -0.2) is 0 Å². The highest BCUT2D eigenvalue weighted by Gasteiger charge is 2.35. The molecule has 0 saturated carbocycles. The van der Waals surface area contributed by atoms with E-state index in [0.29, 0.717) is 11.7 Å². The molecule has 1 aromatic rings. The Kier molecular flexibility index (Phi) is 2.92. The fraction of sp³-hybridized carbons (Fsp3) is 0.750. The standard InChI is InChI=1S/C8H13N5OS/c1-8(3-2-4-9-5-8)6(14)10-7-11-12-13-15-7/h9H,2-5H2,1H3,(H,10,11,13,14). The van der Waals surface area contributed by atoms with Crippen molar-refractivity contribution in [1.82, 2.24) is 20.1 Å². The number of nitrogens with one attached hydrogen (secondary N) is 2. The van der Waals surface area contributed by atoms with Gasteiger partial charge < -0.3 is 5.32 Å². The number of nitrogens with zero attached hydrogens (tertiary/aromatic N) is 3. The molecule has 2 rings (SSSR count). The first-order valence-electron chi connectivity index (χ1n) is 4.88. The first kappa shape index (κ1) is 10.4. The summed E-state index contributed by atoms with van der Waals surface area (Å²) in [6.07, 6.45) is 1.93. The number of aromatic nitrogens is 3. The predicted octanol–water partition coefficient (Wildman–Crippen LogP) is 0.261. The molecule has 0 aliphatic carbocycles. The molecular formula is C8H13N5OS. The molecule has 7 heteroatoms. The van der Waals surface area contributed by atoms with Crippen molar-refractivity contribution in [3.8, 4) is 0 Å². The largest absolute Gasteiger partial charge is 0.316 e. The zero-order chi connectivity index (χ0) is 10.7. The normalized spacial score (nSPS) is 26.2. The van der Waals surface area contributed by atoms with E-state index in [9.17, 15) is 4.79 Å². The van der Waals surface area contributed by atoms with Crippen molar-refractivity contribution >= 4 is 22.6 Å².